The van der Waals surface area contributed by atoms with Gasteiger partial charge in [-0.2, -0.15) is 15.0 Å². The van der Waals surface area contributed by atoms with Gasteiger partial charge >= 0.3 is 0 Å². The number of nitrogens with zero attached hydrogens (tertiary/aromatic N) is 4. The molecule has 21 heavy (non-hydrogen) atoms. The third-order valence-electron chi connectivity index (χ3n) is 3.22. The van der Waals surface area contributed by atoms with Gasteiger partial charge in [-0.05, 0) is 54.4 Å². The smallest absolute Gasteiger partial charge is 0.230 e. The minimum Gasteiger partial charge on any atom is -0.497 e. The van der Waals surface area contributed by atoms with Crippen molar-refractivity contribution in [3.8, 4) is 5.75 Å². The molecule has 1 aromatic carbocycles. The number of methoxy groups -OCH3 is 1. The molecule has 1 aromatic heterocycles. The van der Waals surface area contributed by atoms with E-state index in [0.29, 0.717) is 11.1 Å². The van der Waals surface area contributed by atoms with Crippen molar-refractivity contribution in [3.05, 3.63) is 29.5 Å². The molecule has 5 nitrogen and oxygen atoms in total. The van der Waals surface area contributed by atoms with Gasteiger partial charge < -0.3 is 9.64 Å². The van der Waals surface area contributed by atoms with Gasteiger partial charge in [0.2, 0.25) is 11.2 Å². The number of hydrogen-bond donors (Lipinski definition) is 0. The van der Waals surface area contributed by atoms with Gasteiger partial charge in [0.25, 0.3) is 0 Å². The molecular weight excluding hydrogens is 308 g/mol. The van der Waals surface area contributed by atoms with E-state index < -0.39 is 0 Å². The Morgan fingerprint density at radius 2 is 2.00 bits per heavy atom. The number of benzene rings is 1. The molecule has 0 spiro atoms. The number of rotatable bonds is 4. The van der Waals surface area contributed by atoms with E-state index in [1.54, 1.807) is 7.11 Å². The van der Waals surface area contributed by atoms with Crippen molar-refractivity contribution in [2.75, 3.05) is 25.1 Å². The highest BCUT2D eigenvalue weighted by atomic mass is 35.5. The van der Waals surface area contributed by atoms with E-state index in [1.807, 2.05) is 24.3 Å². The molecule has 1 saturated heterocycles. The SMILES string of the molecule is COc1cccc(Sc2nc(Cl)nc(N3CCCC3)n2)c1. The molecule has 0 unspecified atom stereocenters. The van der Waals surface area contributed by atoms with Crippen LogP contribution >= 0.6 is 23.4 Å². The van der Waals surface area contributed by atoms with Gasteiger partial charge in [0.05, 0.1) is 7.11 Å². The van der Waals surface area contributed by atoms with E-state index in [4.69, 9.17) is 16.3 Å². The predicted molar refractivity (Wildman–Crippen MR) is 83.4 cm³/mol. The van der Waals surface area contributed by atoms with E-state index in [2.05, 4.69) is 19.9 Å². The lowest BCUT2D eigenvalue weighted by Gasteiger charge is -2.15. The van der Waals surface area contributed by atoms with Crippen molar-refractivity contribution in [1.82, 2.24) is 15.0 Å². The molecule has 0 N–H and O–H groups in total. The first-order chi connectivity index (χ1) is 10.2. The highest BCUT2D eigenvalue weighted by molar-refractivity contribution is 7.99. The molecule has 7 heteroatoms. The Labute approximate surface area is 132 Å². The van der Waals surface area contributed by atoms with Gasteiger partial charge in [-0.3, -0.25) is 0 Å². The summed E-state index contributed by atoms with van der Waals surface area (Å²) < 4.78 is 5.22. The minimum absolute atomic E-state index is 0.234. The zero-order chi connectivity index (χ0) is 14.7. The number of hydrogen-bond acceptors (Lipinski definition) is 6. The third kappa shape index (κ3) is 3.57. The van der Waals surface area contributed by atoms with Crippen LogP contribution in [-0.4, -0.2) is 35.2 Å². The number of aromatic nitrogens is 3. The molecule has 0 saturated carbocycles. The normalized spacial score (nSPS) is 14.5. The maximum atomic E-state index is 6.03. The highest BCUT2D eigenvalue weighted by Crippen LogP contribution is 2.29. The molecule has 1 fully saturated rings. The lowest BCUT2D eigenvalue weighted by atomic mass is 10.3. The first kappa shape index (κ1) is 14.4. The summed E-state index contributed by atoms with van der Waals surface area (Å²) in [6, 6.07) is 7.77. The number of ether oxygens (including phenoxy) is 1. The van der Waals surface area contributed by atoms with Crippen LogP contribution in [0.1, 0.15) is 12.8 Å². The van der Waals surface area contributed by atoms with Gasteiger partial charge in [0.15, 0.2) is 5.16 Å². The van der Waals surface area contributed by atoms with Crippen molar-refractivity contribution >= 4 is 29.3 Å². The highest BCUT2D eigenvalue weighted by Gasteiger charge is 2.17. The van der Waals surface area contributed by atoms with Gasteiger partial charge in [0, 0.05) is 18.0 Å². The van der Waals surface area contributed by atoms with Crippen molar-refractivity contribution in [1.29, 1.82) is 0 Å². The Morgan fingerprint density at radius 3 is 2.76 bits per heavy atom. The van der Waals surface area contributed by atoms with Gasteiger partial charge in [-0.25, -0.2) is 0 Å². The van der Waals surface area contributed by atoms with E-state index in [1.165, 1.54) is 24.6 Å². The Balaban J connectivity index is 1.84. The molecule has 0 aliphatic carbocycles. The average molecular weight is 323 g/mol. The lowest BCUT2D eigenvalue weighted by Crippen LogP contribution is -2.21. The Hall–Kier alpha value is -1.53. The molecule has 0 amide bonds. The number of halogens is 1. The Kier molecular flexibility index (Phi) is 4.45. The lowest BCUT2D eigenvalue weighted by molar-refractivity contribution is 0.413. The van der Waals surface area contributed by atoms with Crippen molar-refractivity contribution in [2.45, 2.75) is 22.9 Å². The van der Waals surface area contributed by atoms with Gasteiger partial charge in [-0.15, -0.1) is 0 Å². The number of anilines is 1. The van der Waals surface area contributed by atoms with Crippen LogP contribution in [-0.2, 0) is 0 Å². The molecule has 110 valence electrons. The monoisotopic (exact) mass is 322 g/mol. The largest absolute Gasteiger partial charge is 0.497 e. The fourth-order valence-electron chi connectivity index (χ4n) is 2.20. The molecule has 0 radical (unpaired) electrons. The summed E-state index contributed by atoms with van der Waals surface area (Å²) >= 11 is 7.48. The fourth-order valence-corrected chi connectivity index (χ4v) is 3.19. The standard InChI is InChI=1S/C14H15ClN4OS/c1-20-10-5-4-6-11(9-10)21-14-17-12(15)16-13(18-14)19-7-2-3-8-19/h4-6,9H,2-3,7-8H2,1H3. The molecule has 2 aromatic rings. The predicted octanol–water partition coefficient (Wildman–Crippen LogP) is 3.29. The quantitative estimate of drug-likeness (QED) is 0.861. The molecule has 1 aliphatic rings. The van der Waals surface area contributed by atoms with E-state index in [9.17, 15) is 0 Å². The maximum Gasteiger partial charge on any atom is 0.230 e. The summed E-state index contributed by atoms with van der Waals surface area (Å²) in [5.41, 5.74) is 0. The molecule has 2 heterocycles. The van der Waals surface area contributed by atoms with Gasteiger partial charge in [-0.1, -0.05) is 6.07 Å². The van der Waals surface area contributed by atoms with Crippen molar-refractivity contribution < 1.29 is 4.74 Å². The molecule has 1 aliphatic heterocycles. The second kappa shape index (κ2) is 6.49. The summed E-state index contributed by atoms with van der Waals surface area (Å²) in [7, 11) is 1.65. The van der Waals surface area contributed by atoms with Crippen molar-refractivity contribution in [2.24, 2.45) is 0 Å². The van der Waals surface area contributed by atoms with Crippen LogP contribution in [0, 0.1) is 0 Å². The summed E-state index contributed by atoms with van der Waals surface area (Å²) in [5.74, 6) is 1.47. The fraction of sp³-hybridized carbons (Fsp3) is 0.357. The van der Waals surface area contributed by atoms with E-state index >= 15 is 0 Å². The first-order valence-electron chi connectivity index (χ1n) is 6.73. The maximum absolute atomic E-state index is 6.03. The summed E-state index contributed by atoms with van der Waals surface area (Å²) in [6.45, 7) is 1.95. The van der Waals surface area contributed by atoms with Crippen LogP contribution in [0.3, 0.4) is 0 Å². The zero-order valence-electron chi connectivity index (χ0n) is 11.6. The summed E-state index contributed by atoms with van der Waals surface area (Å²) in [4.78, 5) is 16.1. The summed E-state index contributed by atoms with van der Waals surface area (Å²) in [5, 5.41) is 0.836. The Morgan fingerprint density at radius 1 is 1.19 bits per heavy atom. The molecular formula is C14H15ClN4OS. The van der Waals surface area contributed by atoms with Crippen LogP contribution < -0.4 is 9.64 Å². The minimum atomic E-state index is 0.234. The van der Waals surface area contributed by atoms with E-state index in [0.717, 1.165) is 23.7 Å². The van der Waals surface area contributed by atoms with Crippen LogP contribution in [0.25, 0.3) is 0 Å². The second-order valence-corrected chi connectivity index (χ2v) is 6.04. The first-order valence-corrected chi connectivity index (χ1v) is 7.92. The summed E-state index contributed by atoms with van der Waals surface area (Å²) in [6.07, 6.45) is 2.34. The van der Waals surface area contributed by atoms with Crippen LogP contribution in [0.5, 0.6) is 5.75 Å². The molecule has 3 rings (SSSR count). The average Bonchev–Trinajstić information content (AvgIpc) is 3.01. The van der Waals surface area contributed by atoms with Crippen LogP contribution in [0.15, 0.2) is 34.3 Å². The van der Waals surface area contributed by atoms with E-state index in [-0.39, 0.29) is 5.28 Å². The van der Waals surface area contributed by atoms with Crippen LogP contribution in [0.2, 0.25) is 5.28 Å². The van der Waals surface area contributed by atoms with Gasteiger partial charge in [0.1, 0.15) is 5.75 Å². The second-order valence-electron chi connectivity index (χ2n) is 4.66. The Bertz CT molecular complexity index is 634. The van der Waals surface area contributed by atoms with Crippen LogP contribution in [0.4, 0.5) is 5.95 Å². The third-order valence-corrected chi connectivity index (χ3v) is 4.24. The zero-order valence-corrected chi connectivity index (χ0v) is 13.2. The molecule has 0 bridgehead atoms. The molecule has 0 atom stereocenters. The van der Waals surface area contributed by atoms with Crippen molar-refractivity contribution in [3.63, 3.8) is 0 Å². The topological polar surface area (TPSA) is 51.1 Å².